The Kier molecular flexibility index (Phi) is 4.68. The predicted molar refractivity (Wildman–Crippen MR) is 76.2 cm³/mol. The first-order chi connectivity index (χ1) is 9.03. The summed E-state index contributed by atoms with van der Waals surface area (Å²) in [6.45, 7) is 1.90. The number of aryl methyl sites for hydroxylation is 1. The number of carbonyl (C=O) groups is 1. The molecule has 1 heterocycles. The molecule has 0 saturated heterocycles. The molecule has 0 N–H and O–H groups in total. The summed E-state index contributed by atoms with van der Waals surface area (Å²) in [6, 6.07) is 1.75. The lowest BCUT2D eigenvalue weighted by Crippen LogP contribution is -2.13. The summed E-state index contributed by atoms with van der Waals surface area (Å²) in [5.74, 6) is 2.30. The highest BCUT2D eigenvalue weighted by molar-refractivity contribution is 7.98. The molecular weight excluding hydrogens is 284 g/mol. The molecule has 0 aromatic carbocycles. The average Bonchev–Trinajstić information content (AvgIpc) is 3.07. The van der Waals surface area contributed by atoms with Crippen molar-refractivity contribution in [2.75, 3.05) is 12.9 Å². The third-order valence-corrected chi connectivity index (χ3v) is 4.69. The van der Waals surface area contributed by atoms with Gasteiger partial charge < -0.3 is 4.74 Å². The van der Waals surface area contributed by atoms with E-state index in [1.54, 1.807) is 17.8 Å². The standard InChI is InChI=1S/C13H17ClN2O2S/c1-9-5-10(14)16-11(15-9)7-19-8-13(3-4-13)6-12(17)18-2/h5H,3-4,6-8H2,1-2H3. The number of carbonyl (C=O) groups excluding carboxylic acids is 1. The van der Waals surface area contributed by atoms with Gasteiger partial charge in [-0.1, -0.05) is 11.6 Å². The van der Waals surface area contributed by atoms with Crippen LogP contribution < -0.4 is 0 Å². The number of ether oxygens (including phenoxy) is 1. The van der Waals surface area contributed by atoms with Crippen LogP contribution in [0.25, 0.3) is 0 Å². The second-order valence-electron chi connectivity index (χ2n) is 4.99. The van der Waals surface area contributed by atoms with E-state index in [9.17, 15) is 4.79 Å². The number of hydrogen-bond acceptors (Lipinski definition) is 5. The van der Waals surface area contributed by atoms with Crippen LogP contribution in [0.15, 0.2) is 6.07 Å². The first-order valence-corrected chi connectivity index (χ1v) is 7.71. The Morgan fingerprint density at radius 3 is 2.84 bits per heavy atom. The lowest BCUT2D eigenvalue weighted by Gasteiger charge is -2.12. The second-order valence-corrected chi connectivity index (χ2v) is 6.37. The molecule has 6 heteroatoms. The van der Waals surface area contributed by atoms with Crippen molar-refractivity contribution in [3.05, 3.63) is 22.7 Å². The van der Waals surface area contributed by atoms with Crippen molar-refractivity contribution in [1.82, 2.24) is 9.97 Å². The maximum absolute atomic E-state index is 11.3. The van der Waals surface area contributed by atoms with Gasteiger partial charge in [0.2, 0.25) is 0 Å². The van der Waals surface area contributed by atoms with Gasteiger partial charge in [0.25, 0.3) is 0 Å². The first-order valence-electron chi connectivity index (χ1n) is 6.18. The largest absolute Gasteiger partial charge is 0.469 e. The lowest BCUT2D eigenvalue weighted by atomic mass is 10.1. The number of nitrogens with zero attached hydrogens (tertiary/aromatic N) is 2. The van der Waals surface area contributed by atoms with Gasteiger partial charge in [-0.25, -0.2) is 9.97 Å². The van der Waals surface area contributed by atoms with Crippen molar-refractivity contribution in [2.24, 2.45) is 5.41 Å². The quantitative estimate of drug-likeness (QED) is 0.597. The highest BCUT2D eigenvalue weighted by atomic mass is 35.5. The minimum Gasteiger partial charge on any atom is -0.469 e. The zero-order chi connectivity index (χ0) is 13.9. The highest BCUT2D eigenvalue weighted by Gasteiger charge is 2.44. The highest BCUT2D eigenvalue weighted by Crippen LogP contribution is 2.51. The minimum absolute atomic E-state index is 0.118. The van der Waals surface area contributed by atoms with Crippen LogP contribution in [0, 0.1) is 12.3 Å². The van der Waals surface area contributed by atoms with Gasteiger partial charge in [-0.2, -0.15) is 11.8 Å². The molecule has 1 fully saturated rings. The molecule has 4 nitrogen and oxygen atoms in total. The van der Waals surface area contributed by atoms with Crippen molar-refractivity contribution in [3.8, 4) is 0 Å². The van der Waals surface area contributed by atoms with Gasteiger partial charge in [-0.15, -0.1) is 0 Å². The topological polar surface area (TPSA) is 52.1 Å². The number of methoxy groups -OCH3 is 1. The number of rotatable bonds is 6. The minimum atomic E-state index is -0.118. The Balaban J connectivity index is 1.82. The summed E-state index contributed by atoms with van der Waals surface area (Å²) >= 11 is 7.65. The molecule has 0 unspecified atom stereocenters. The molecule has 1 saturated carbocycles. The summed E-state index contributed by atoms with van der Waals surface area (Å²) in [6.07, 6.45) is 2.72. The van der Waals surface area contributed by atoms with Gasteiger partial charge >= 0.3 is 5.97 Å². The van der Waals surface area contributed by atoms with Gasteiger partial charge in [-0.3, -0.25) is 4.79 Å². The van der Waals surface area contributed by atoms with Gasteiger partial charge in [0, 0.05) is 5.69 Å². The molecule has 2 rings (SSSR count). The maximum atomic E-state index is 11.3. The van der Waals surface area contributed by atoms with Crippen molar-refractivity contribution in [1.29, 1.82) is 0 Å². The first kappa shape index (κ1) is 14.6. The van der Waals surface area contributed by atoms with E-state index in [0.29, 0.717) is 11.6 Å². The third kappa shape index (κ3) is 4.35. The Bertz CT molecular complexity index is 457. The lowest BCUT2D eigenvalue weighted by molar-refractivity contribution is -0.141. The van der Waals surface area contributed by atoms with Gasteiger partial charge in [0.15, 0.2) is 0 Å². The van der Waals surface area contributed by atoms with Crippen LogP contribution in [0.2, 0.25) is 5.15 Å². The molecular formula is C13H17ClN2O2S. The van der Waals surface area contributed by atoms with Crippen molar-refractivity contribution in [2.45, 2.75) is 31.9 Å². The second kappa shape index (κ2) is 6.09. The van der Waals surface area contributed by atoms with Crippen LogP contribution in [0.5, 0.6) is 0 Å². The van der Waals surface area contributed by atoms with Gasteiger partial charge in [0.1, 0.15) is 11.0 Å². The monoisotopic (exact) mass is 300 g/mol. The fourth-order valence-electron chi connectivity index (χ4n) is 1.94. The zero-order valence-electron chi connectivity index (χ0n) is 11.1. The summed E-state index contributed by atoms with van der Waals surface area (Å²) in [7, 11) is 1.44. The van der Waals surface area contributed by atoms with Crippen molar-refractivity contribution >= 4 is 29.3 Å². The van der Waals surface area contributed by atoms with E-state index in [1.807, 2.05) is 6.92 Å². The van der Waals surface area contributed by atoms with Crippen molar-refractivity contribution < 1.29 is 9.53 Å². The molecule has 0 spiro atoms. The predicted octanol–water partition coefficient (Wildman–Crippen LogP) is 3.01. The summed E-state index contributed by atoms with van der Waals surface area (Å²) in [5, 5.41) is 0.485. The molecule has 1 aromatic heterocycles. The third-order valence-electron chi connectivity index (χ3n) is 3.21. The SMILES string of the molecule is COC(=O)CC1(CSCc2nc(C)cc(Cl)n2)CC1. The van der Waals surface area contributed by atoms with E-state index >= 15 is 0 Å². The molecule has 104 valence electrons. The zero-order valence-corrected chi connectivity index (χ0v) is 12.7. The fourth-order valence-corrected chi connectivity index (χ4v) is 3.43. The average molecular weight is 301 g/mol. The molecule has 0 amide bonds. The van der Waals surface area contributed by atoms with E-state index in [1.165, 1.54) is 7.11 Å². The van der Waals surface area contributed by atoms with E-state index in [-0.39, 0.29) is 11.4 Å². The summed E-state index contributed by atoms with van der Waals surface area (Å²) in [4.78, 5) is 19.9. The molecule has 1 aliphatic rings. The van der Waals surface area contributed by atoms with Crippen LogP contribution in [0.4, 0.5) is 0 Å². The maximum Gasteiger partial charge on any atom is 0.306 e. The van der Waals surface area contributed by atoms with Gasteiger partial charge in [-0.05, 0) is 37.0 Å². The number of thioether (sulfide) groups is 1. The van der Waals surface area contributed by atoms with Crippen molar-refractivity contribution in [3.63, 3.8) is 0 Å². The number of halogens is 1. The molecule has 0 radical (unpaired) electrons. The van der Waals surface area contributed by atoms with E-state index in [0.717, 1.165) is 35.9 Å². The Hall–Kier alpha value is -0.810. The Morgan fingerprint density at radius 1 is 1.53 bits per heavy atom. The molecule has 1 aromatic rings. The van der Waals surface area contributed by atoms with Crippen LogP contribution in [0.1, 0.15) is 30.8 Å². The number of esters is 1. The molecule has 1 aliphatic carbocycles. The number of hydrogen-bond donors (Lipinski definition) is 0. The van der Waals surface area contributed by atoms with Crippen LogP contribution in [-0.2, 0) is 15.3 Å². The Labute approximate surface area is 122 Å². The number of aromatic nitrogens is 2. The van der Waals surface area contributed by atoms with Crippen LogP contribution in [-0.4, -0.2) is 28.8 Å². The fraction of sp³-hybridized carbons (Fsp3) is 0.615. The van der Waals surface area contributed by atoms with E-state index in [4.69, 9.17) is 16.3 Å². The molecule has 0 aliphatic heterocycles. The summed E-state index contributed by atoms with van der Waals surface area (Å²) in [5.41, 5.74) is 1.03. The summed E-state index contributed by atoms with van der Waals surface area (Å²) < 4.78 is 4.73. The smallest absolute Gasteiger partial charge is 0.306 e. The van der Waals surface area contributed by atoms with Crippen LogP contribution >= 0.6 is 23.4 Å². The van der Waals surface area contributed by atoms with E-state index < -0.39 is 0 Å². The van der Waals surface area contributed by atoms with E-state index in [2.05, 4.69) is 9.97 Å². The van der Waals surface area contributed by atoms with Crippen LogP contribution in [0.3, 0.4) is 0 Å². The molecule has 19 heavy (non-hydrogen) atoms. The Morgan fingerprint density at radius 2 is 2.26 bits per heavy atom. The normalized spacial score (nSPS) is 16.2. The van der Waals surface area contributed by atoms with Gasteiger partial charge in [0.05, 0.1) is 19.3 Å². The molecule has 0 atom stereocenters. The molecule has 0 bridgehead atoms.